The third kappa shape index (κ3) is 4.03. The van der Waals surface area contributed by atoms with Gasteiger partial charge in [0.05, 0.1) is 0 Å². The Morgan fingerprint density at radius 1 is 1.56 bits per heavy atom. The minimum Gasteiger partial charge on any atom is -0.489 e. The molecule has 3 nitrogen and oxygen atoms in total. The van der Waals surface area contributed by atoms with E-state index in [0.29, 0.717) is 12.6 Å². The SMILES string of the molecule is C=CCOc1cc(C)ncc1CNC(C)C. The minimum atomic E-state index is 0.452. The van der Waals surface area contributed by atoms with Crippen LogP contribution in [-0.2, 0) is 6.54 Å². The summed E-state index contributed by atoms with van der Waals surface area (Å²) in [5.74, 6) is 0.889. The van der Waals surface area contributed by atoms with Crippen molar-refractivity contribution in [1.29, 1.82) is 0 Å². The van der Waals surface area contributed by atoms with Gasteiger partial charge in [0.2, 0.25) is 0 Å². The maximum Gasteiger partial charge on any atom is 0.127 e. The molecule has 0 radical (unpaired) electrons. The number of hydrogen-bond donors (Lipinski definition) is 1. The second-order valence-corrected chi connectivity index (χ2v) is 4.07. The highest BCUT2D eigenvalue weighted by Crippen LogP contribution is 2.18. The normalized spacial score (nSPS) is 10.5. The van der Waals surface area contributed by atoms with Crippen LogP contribution in [0.25, 0.3) is 0 Å². The van der Waals surface area contributed by atoms with Gasteiger partial charge in [-0.15, -0.1) is 0 Å². The van der Waals surface area contributed by atoms with E-state index >= 15 is 0 Å². The molecule has 0 atom stereocenters. The quantitative estimate of drug-likeness (QED) is 0.748. The van der Waals surface area contributed by atoms with Crippen LogP contribution in [0.1, 0.15) is 25.1 Å². The molecule has 1 heterocycles. The van der Waals surface area contributed by atoms with Crippen molar-refractivity contribution in [2.24, 2.45) is 0 Å². The van der Waals surface area contributed by atoms with E-state index in [1.807, 2.05) is 19.2 Å². The lowest BCUT2D eigenvalue weighted by Crippen LogP contribution is -2.22. The summed E-state index contributed by atoms with van der Waals surface area (Å²) < 4.78 is 5.60. The van der Waals surface area contributed by atoms with Crippen LogP contribution in [0.5, 0.6) is 5.75 Å². The van der Waals surface area contributed by atoms with Crippen molar-refractivity contribution in [1.82, 2.24) is 10.3 Å². The zero-order valence-corrected chi connectivity index (χ0v) is 10.3. The van der Waals surface area contributed by atoms with Crippen molar-refractivity contribution in [2.75, 3.05) is 6.61 Å². The molecule has 1 rings (SSSR count). The molecule has 0 spiro atoms. The first-order chi connectivity index (χ1) is 7.63. The zero-order chi connectivity index (χ0) is 12.0. The number of aromatic nitrogens is 1. The summed E-state index contributed by atoms with van der Waals surface area (Å²) in [5, 5.41) is 3.35. The lowest BCUT2D eigenvalue weighted by Gasteiger charge is -2.13. The Hall–Kier alpha value is -1.35. The Morgan fingerprint density at radius 3 is 2.94 bits per heavy atom. The summed E-state index contributed by atoms with van der Waals surface area (Å²) >= 11 is 0. The largest absolute Gasteiger partial charge is 0.489 e. The summed E-state index contributed by atoms with van der Waals surface area (Å²) in [4.78, 5) is 4.28. The number of ether oxygens (including phenoxy) is 1. The standard InChI is InChI=1S/C13H20N2O/c1-5-6-16-13-7-11(4)15-9-12(13)8-14-10(2)3/h5,7,9-10,14H,1,6,8H2,2-4H3. The van der Waals surface area contributed by atoms with Crippen LogP contribution in [0.3, 0.4) is 0 Å². The van der Waals surface area contributed by atoms with Crippen molar-refractivity contribution in [3.05, 3.63) is 36.2 Å². The van der Waals surface area contributed by atoms with E-state index in [2.05, 4.69) is 30.7 Å². The summed E-state index contributed by atoms with van der Waals surface area (Å²) in [6.07, 6.45) is 3.61. The lowest BCUT2D eigenvalue weighted by molar-refractivity contribution is 0.356. The van der Waals surface area contributed by atoms with Crippen LogP contribution in [0.2, 0.25) is 0 Å². The third-order valence-electron chi connectivity index (χ3n) is 2.14. The van der Waals surface area contributed by atoms with E-state index in [4.69, 9.17) is 4.74 Å². The molecule has 0 unspecified atom stereocenters. The summed E-state index contributed by atoms with van der Waals surface area (Å²) in [5.41, 5.74) is 2.05. The van der Waals surface area contributed by atoms with E-state index in [-0.39, 0.29) is 0 Å². The molecule has 1 aromatic rings. The highest BCUT2D eigenvalue weighted by molar-refractivity contribution is 5.33. The van der Waals surface area contributed by atoms with Crippen LogP contribution < -0.4 is 10.1 Å². The maximum absolute atomic E-state index is 5.60. The summed E-state index contributed by atoms with van der Waals surface area (Å²) in [6, 6.07) is 2.41. The fourth-order valence-corrected chi connectivity index (χ4v) is 1.29. The van der Waals surface area contributed by atoms with E-state index < -0.39 is 0 Å². The first-order valence-electron chi connectivity index (χ1n) is 5.56. The predicted molar refractivity (Wildman–Crippen MR) is 66.6 cm³/mol. The van der Waals surface area contributed by atoms with Crippen LogP contribution in [-0.4, -0.2) is 17.6 Å². The Morgan fingerprint density at radius 2 is 2.31 bits per heavy atom. The van der Waals surface area contributed by atoms with Gasteiger partial charge in [0.1, 0.15) is 12.4 Å². The first kappa shape index (κ1) is 12.7. The molecule has 0 saturated carbocycles. The van der Waals surface area contributed by atoms with E-state index in [1.54, 1.807) is 6.08 Å². The number of nitrogens with zero attached hydrogens (tertiary/aromatic N) is 1. The third-order valence-corrected chi connectivity index (χ3v) is 2.14. The van der Waals surface area contributed by atoms with Crippen LogP contribution in [0, 0.1) is 6.92 Å². The number of hydrogen-bond acceptors (Lipinski definition) is 3. The monoisotopic (exact) mass is 220 g/mol. The minimum absolute atomic E-state index is 0.452. The molecule has 1 N–H and O–H groups in total. The average Bonchev–Trinajstić information content (AvgIpc) is 2.24. The van der Waals surface area contributed by atoms with Gasteiger partial charge >= 0.3 is 0 Å². The first-order valence-corrected chi connectivity index (χ1v) is 5.56. The fraction of sp³-hybridized carbons (Fsp3) is 0.462. The molecule has 0 bridgehead atoms. The highest BCUT2D eigenvalue weighted by atomic mass is 16.5. The van der Waals surface area contributed by atoms with Crippen molar-refractivity contribution in [3.63, 3.8) is 0 Å². The van der Waals surface area contributed by atoms with E-state index in [0.717, 1.165) is 23.6 Å². The van der Waals surface area contributed by atoms with Gasteiger partial charge in [-0.3, -0.25) is 4.98 Å². The molecule has 3 heteroatoms. The smallest absolute Gasteiger partial charge is 0.127 e. The fourth-order valence-electron chi connectivity index (χ4n) is 1.29. The molecule has 0 fully saturated rings. The molecule has 0 aliphatic carbocycles. The molecule has 0 aliphatic heterocycles. The Bertz CT molecular complexity index is 348. The molecular formula is C13H20N2O. The van der Waals surface area contributed by atoms with Crippen LogP contribution >= 0.6 is 0 Å². The predicted octanol–water partition coefficient (Wildman–Crippen LogP) is 2.45. The highest BCUT2D eigenvalue weighted by Gasteiger charge is 2.05. The number of rotatable bonds is 6. The number of aryl methyl sites for hydroxylation is 1. The van der Waals surface area contributed by atoms with Crippen LogP contribution in [0.15, 0.2) is 24.9 Å². The van der Waals surface area contributed by atoms with Gasteiger partial charge in [-0.1, -0.05) is 26.5 Å². The zero-order valence-electron chi connectivity index (χ0n) is 10.3. The molecular weight excluding hydrogens is 200 g/mol. The van der Waals surface area contributed by atoms with E-state index in [9.17, 15) is 0 Å². The molecule has 0 saturated heterocycles. The Kier molecular flexibility index (Phi) is 4.99. The molecule has 88 valence electrons. The van der Waals surface area contributed by atoms with Crippen molar-refractivity contribution >= 4 is 0 Å². The second kappa shape index (κ2) is 6.28. The van der Waals surface area contributed by atoms with Crippen LogP contribution in [0.4, 0.5) is 0 Å². The Balaban J connectivity index is 2.75. The summed E-state index contributed by atoms with van der Waals surface area (Å²) in [7, 11) is 0. The average molecular weight is 220 g/mol. The number of nitrogens with one attached hydrogen (secondary N) is 1. The Labute approximate surface area is 97.5 Å². The van der Waals surface area contributed by atoms with Gasteiger partial charge in [-0.2, -0.15) is 0 Å². The summed E-state index contributed by atoms with van der Waals surface area (Å²) in [6.45, 7) is 11.1. The van der Waals surface area contributed by atoms with Gasteiger partial charge in [0.25, 0.3) is 0 Å². The molecule has 0 aromatic carbocycles. The van der Waals surface area contributed by atoms with Gasteiger partial charge in [-0.25, -0.2) is 0 Å². The van der Waals surface area contributed by atoms with Gasteiger partial charge in [0, 0.05) is 36.1 Å². The second-order valence-electron chi connectivity index (χ2n) is 4.07. The lowest BCUT2D eigenvalue weighted by atomic mass is 10.2. The molecule has 0 amide bonds. The molecule has 1 aromatic heterocycles. The van der Waals surface area contributed by atoms with Gasteiger partial charge < -0.3 is 10.1 Å². The van der Waals surface area contributed by atoms with Gasteiger partial charge in [0.15, 0.2) is 0 Å². The number of pyridine rings is 1. The van der Waals surface area contributed by atoms with Gasteiger partial charge in [-0.05, 0) is 6.92 Å². The van der Waals surface area contributed by atoms with E-state index in [1.165, 1.54) is 0 Å². The molecule has 0 aliphatic rings. The maximum atomic E-state index is 5.60. The van der Waals surface area contributed by atoms with Crippen molar-refractivity contribution in [3.8, 4) is 5.75 Å². The van der Waals surface area contributed by atoms with Crippen molar-refractivity contribution < 1.29 is 4.74 Å². The topological polar surface area (TPSA) is 34.1 Å². The molecule has 16 heavy (non-hydrogen) atoms. The van der Waals surface area contributed by atoms with Crippen molar-refractivity contribution in [2.45, 2.75) is 33.4 Å².